The fourth-order valence-corrected chi connectivity index (χ4v) is 1.89. The molecule has 0 aromatic carbocycles. The minimum absolute atomic E-state index is 0.913. The van der Waals surface area contributed by atoms with Crippen LogP contribution in [-0.4, -0.2) is 52.6 Å². The fraction of sp³-hybridized carbons (Fsp3) is 0.875. The van der Waals surface area contributed by atoms with Gasteiger partial charge >= 0.3 is 41.8 Å². The van der Waals surface area contributed by atoms with E-state index in [-0.39, 0.29) is 0 Å². The Bertz CT molecular complexity index is 578. The molecule has 0 bridgehead atoms. The van der Waals surface area contributed by atoms with Crippen molar-refractivity contribution >= 4 is 5.84 Å². The van der Waals surface area contributed by atoms with Gasteiger partial charge in [-0.1, -0.05) is 0 Å². The van der Waals surface area contributed by atoms with E-state index in [2.05, 4.69) is 0 Å². The standard InChI is InChI=1S/C8F14N2/c9-2(10)1(23-6(17,18)3(2,11)12)24-7(19,20)4(13,14)5(15,16)8(24,21)22. The van der Waals surface area contributed by atoms with Crippen molar-refractivity contribution in [3.63, 3.8) is 0 Å². The van der Waals surface area contributed by atoms with E-state index in [0.717, 1.165) is 4.99 Å². The summed E-state index contributed by atoms with van der Waals surface area (Å²) in [4.78, 5) is -2.27. The minimum Gasteiger partial charge on any atom is -0.224 e. The number of amidine groups is 1. The summed E-state index contributed by atoms with van der Waals surface area (Å²) in [6.45, 7) is 0. The van der Waals surface area contributed by atoms with E-state index in [9.17, 15) is 61.5 Å². The molecular formula is C8F14N2. The van der Waals surface area contributed by atoms with E-state index in [1.165, 1.54) is 0 Å². The molecule has 2 nitrogen and oxygen atoms in total. The Labute approximate surface area is 120 Å². The first-order valence-corrected chi connectivity index (χ1v) is 5.26. The number of rotatable bonds is 0. The highest BCUT2D eigenvalue weighted by Gasteiger charge is 2.96. The van der Waals surface area contributed by atoms with Crippen LogP contribution in [0.15, 0.2) is 4.99 Å². The number of nitrogens with zero attached hydrogens (tertiary/aromatic N) is 2. The zero-order chi connectivity index (χ0) is 19.4. The van der Waals surface area contributed by atoms with Crippen molar-refractivity contribution in [3.8, 4) is 0 Å². The van der Waals surface area contributed by atoms with Gasteiger partial charge in [0.05, 0.1) is 0 Å². The fourth-order valence-electron chi connectivity index (χ4n) is 1.89. The van der Waals surface area contributed by atoms with Crippen molar-refractivity contribution in [2.24, 2.45) is 4.99 Å². The predicted octanol–water partition coefficient (Wildman–Crippen LogP) is 4.03. The first-order valence-electron chi connectivity index (χ1n) is 5.26. The Morgan fingerprint density at radius 2 is 0.875 bits per heavy atom. The monoisotopic (exact) mass is 390 g/mol. The predicted molar refractivity (Wildman–Crippen MR) is 43.9 cm³/mol. The normalized spacial score (nSPS) is 33.4. The van der Waals surface area contributed by atoms with Crippen molar-refractivity contribution in [2.75, 3.05) is 0 Å². The van der Waals surface area contributed by atoms with E-state index in [4.69, 9.17) is 0 Å². The van der Waals surface area contributed by atoms with Crippen molar-refractivity contribution in [1.29, 1.82) is 0 Å². The van der Waals surface area contributed by atoms with Crippen LogP contribution in [0.3, 0.4) is 0 Å². The lowest BCUT2D eigenvalue weighted by Gasteiger charge is -2.32. The Hall–Kier alpha value is -1.51. The molecule has 2 aliphatic rings. The first-order chi connectivity index (χ1) is 10.2. The van der Waals surface area contributed by atoms with E-state index in [1.54, 1.807) is 0 Å². The Morgan fingerprint density at radius 1 is 0.542 bits per heavy atom. The smallest absolute Gasteiger partial charge is 0.224 e. The molecule has 0 spiro atoms. The third-order valence-electron chi connectivity index (χ3n) is 3.22. The molecule has 0 saturated carbocycles. The SMILES string of the molecule is FC1(F)N=C(N2C(F)(F)C(F)(F)C(F)(F)C2(F)F)C(F)(F)C1(F)F. The maximum atomic E-state index is 13.2. The molecule has 1 fully saturated rings. The molecule has 2 rings (SSSR count). The summed E-state index contributed by atoms with van der Waals surface area (Å²) >= 11 is 0. The minimum atomic E-state index is -7.07. The topological polar surface area (TPSA) is 15.6 Å². The van der Waals surface area contributed by atoms with Crippen LogP contribution in [0.25, 0.3) is 0 Å². The number of hydrogen-bond acceptors (Lipinski definition) is 2. The van der Waals surface area contributed by atoms with E-state index in [0.29, 0.717) is 0 Å². The van der Waals surface area contributed by atoms with Crippen LogP contribution in [0, 0.1) is 0 Å². The molecule has 2 heterocycles. The number of likely N-dealkylation sites (tertiary alicyclic amines) is 1. The average Bonchev–Trinajstić information content (AvgIpc) is 2.49. The lowest BCUT2D eigenvalue weighted by molar-refractivity contribution is -0.303. The summed E-state index contributed by atoms with van der Waals surface area (Å²) in [5.74, 6) is -31.5. The van der Waals surface area contributed by atoms with Gasteiger partial charge in [0.2, 0.25) is 0 Å². The summed E-state index contributed by atoms with van der Waals surface area (Å²) in [5, 5.41) is 0. The summed E-state index contributed by atoms with van der Waals surface area (Å²) in [6, 6.07) is -20.2. The third-order valence-corrected chi connectivity index (χ3v) is 3.22. The second-order valence-corrected chi connectivity index (χ2v) is 4.69. The molecule has 24 heavy (non-hydrogen) atoms. The van der Waals surface area contributed by atoms with Crippen LogP contribution in [0.5, 0.6) is 0 Å². The maximum absolute atomic E-state index is 13.2. The van der Waals surface area contributed by atoms with Crippen molar-refractivity contribution < 1.29 is 61.5 Å². The van der Waals surface area contributed by atoms with Crippen molar-refractivity contribution in [1.82, 2.24) is 4.90 Å². The van der Waals surface area contributed by atoms with Crippen LogP contribution < -0.4 is 0 Å². The van der Waals surface area contributed by atoms with Gasteiger partial charge in [0.25, 0.3) is 0 Å². The van der Waals surface area contributed by atoms with Gasteiger partial charge in [0.1, 0.15) is 0 Å². The Morgan fingerprint density at radius 3 is 1.12 bits per heavy atom. The first kappa shape index (κ1) is 18.8. The highest BCUT2D eigenvalue weighted by Crippen LogP contribution is 2.65. The van der Waals surface area contributed by atoms with Crippen LogP contribution in [0.1, 0.15) is 0 Å². The molecule has 2 aliphatic heterocycles. The molecule has 16 heteroatoms. The van der Waals surface area contributed by atoms with Gasteiger partial charge < -0.3 is 0 Å². The average molecular weight is 390 g/mol. The molecule has 0 amide bonds. The van der Waals surface area contributed by atoms with E-state index < -0.39 is 52.6 Å². The molecule has 0 aromatic rings. The maximum Gasteiger partial charge on any atom is 0.413 e. The van der Waals surface area contributed by atoms with Crippen LogP contribution in [0.4, 0.5) is 61.5 Å². The third kappa shape index (κ3) is 1.57. The highest BCUT2D eigenvalue weighted by atomic mass is 19.4. The summed E-state index contributed by atoms with van der Waals surface area (Å²) in [5.41, 5.74) is 0. The second kappa shape index (κ2) is 4.00. The summed E-state index contributed by atoms with van der Waals surface area (Å²) in [7, 11) is 0. The van der Waals surface area contributed by atoms with Gasteiger partial charge in [0.15, 0.2) is 5.84 Å². The lowest BCUT2D eigenvalue weighted by atomic mass is 10.1. The van der Waals surface area contributed by atoms with E-state index >= 15 is 0 Å². The Kier molecular flexibility index (Phi) is 3.14. The summed E-state index contributed by atoms with van der Waals surface area (Å²) < 4.78 is 181. The number of aliphatic imine (C=N–C) groups is 1. The van der Waals surface area contributed by atoms with Gasteiger partial charge in [-0.15, -0.1) is 0 Å². The van der Waals surface area contributed by atoms with Gasteiger partial charge in [-0.2, -0.15) is 66.5 Å². The molecule has 0 aromatic heterocycles. The van der Waals surface area contributed by atoms with Crippen LogP contribution in [0.2, 0.25) is 0 Å². The van der Waals surface area contributed by atoms with Gasteiger partial charge in [-0.3, -0.25) is 0 Å². The quantitative estimate of drug-likeness (QED) is 0.451. The Balaban J connectivity index is 2.78. The largest absolute Gasteiger partial charge is 0.413 e. The van der Waals surface area contributed by atoms with Crippen molar-refractivity contribution in [2.45, 2.75) is 41.8 Å². The zero-order valence-corrected chi connectivity index (χ0v) is 10.2. The highest BCUT2D eigenvalue weighted by molar-refractivity contribution is 5.94. The summed E-state index contributed by atoms with van der Waals surface area (Å²) in [6.07, 6.45) is 0. The van der Waals surface area contributed by atoms with Gasteiger partial charge in [-0.25, -0.2) is 4.90 Å². The zero-order valence-electron chi connectivity index (χ0n) is 10.2. The molecular weight excluding hydrogens is 390 g/mol. The van der Waals surface area contributed by atoms with Crippen LogP contribution in [-0.2, 0) is 0 Å². The molecule has 1 saturated heterocycles. The van der Waals surface area contributed by atoms with Gasteiger partial charge in [-0.05, 0) is 0 Å². The molecule has 0 aliphatic carbocycles. The number of alkyl halides is 14. The molecule has 140 valence electrons. The lowest BCUT2D eigenvalue weighted by Crippen LogP contribution is -2.61. The number of halogens is 14. The molecule has 0 atom stereocenters. The van der Waals surface area contributed by atoms with Crippen molar-refractivity contribution in [3.05, 3.63) is 0 Å². The second-order valence-electron chi connectivity index (χ2n) is 4.69. The molecule has 0 radical (unpaired) electrons. The van der Waals surface area contributed by atoms with Crippen LogP contribution >= 0.6 is 0 Å². The molecule has 0 unspecified atom stereocenters. The van der Waals surface area contributed by atoms with E-state index in [1.807, 2.05) is 0 Å². The number of hydrogen-bond donors (Lipinski definition) is 0. The van der Waals surface area contributed by atoms with Gasteiger partial charge in [0, 0.05) is 0 Å². The molecule has 0 N–H and O–H groups in total.